The summed E-state index contributed by atoms with van der Waals surface area (Å²) in [5.74, 6) is 2.56. The predicted molar refractivity (Wildman–Crippen MR) is 71.1 cm³/mol. The van der Waals surface area contributed by atoms with Gasteiger partial charge in [-0.05, 0) is 36.5 Å². The molecule has 1 heterocycles. The molecule has 3 heteroatoms. The Hall–Kier alpha value is -0.700. The molecule has 1 aliphatic heterocycles. The Morgan fingerprint density at radius 3 is 2.53 bits per heavy atom. The van der Waals surface area contributed by atoms with E-state index in [2.05, 4.69) is 28.1 Å². The molecule has 1 fully saturated rings. The maximum absolute atomic E-state index is 5.63. The Bertz CT molecular complexity index is 399. The number of benzene rings is 1. The van der Waals surface area contributed by atoms with Gasteiger partial charge in [-0.25, -0.2) is 0 Å². The van der Waals surface area contributed by atoms with Crippen LogP contribution in [0.25, 0.3) is 0 Å². The molecule has 1 unspecified atom stereocenters. The van der Waals surface area contributed by atoms with Crippen LogP contribution < -0.4 is 9.47 Å². The molecule has 1 aromatic carbocycles. The van der Waals surface area contributed by atoms with Gasteiger partial charge in [-0.1, -0.05) is 34.8 Å². The lowest BCUT2D eigenvalue weighted by Crippen LogP contribution is -2.15. The zero-order valence-electron chi connectivity index (χ0n) is 9.82. The molecule has 0 N–H and O–H groups in total. The molecule has 2 nitrogen and oxygen atoms in total. The first-order valence-corrected chi connectivity index (χ1v) is 7.30. The minimum Gasteiger partial charge on any atom is -0.486 e. The van der Waals surface area contributed by atoms with E-state index in [1.165, 1.54) is 31.2 Å². The summed E-state index contributed by atoms with van der Waals surface area (Å²) in [7, 11) is 0. The van der Waals surface area contributed by atoms with Crippen molar-refractivity contribution in [3.05, 3.63) is 23.8 Å². The van der Waals surface area contributed by atoms with Crippen LogP contribution in [0, 0.1) is 5.92 Å². The molecule has 2 aliphatic rings. The molecular formula is C14H17BrO2. The molecule has 0 amide bonds. The zero-order valence-corrected chi connectivity index (χ0v) is 11.4. The molecule has 3 rings (SSSR count). The Labute approximate surface area is 110 Å². The van der Waals surface area contributed by atoms with Crippen molar-refractivity contribution in [1.29, 1.82) is 0 Å². The highest BCUT2D eigenvalue weighted by molar-refractivity contribution is 9.09. The second kappa shape index (κ2) is 4.89. The van der Waals surface area contributed by atoms with Crippen molar-refractivity contribution in [2.75, 3.05) is 13.2 Å². The van der Waals surface area contributed by atoms with Gasteiger partial charge < -0.3 is 9.47 Å². The van der Waals surface area contributed by atoms with Gasteiger partial charge >= 0.3 is 0 Å². The fourth-order valence-electron chi connectivity index (χ4n) is 2.75. The van der Waals surface area contributed by atoms with Crippen molar-refractivity contribution in [2.24, 2.45) is 5.92 Å². The van der Waals surface area contributed by atoms with Crippen molar-refractivity contribution < 1.29 is 9.47 Å². The Balaban J connectivity index is 1.82. The fraction of sp³-hybridized carbons (Fsp3) is 0.571. The van der Waals surface area contributed by atoms with Crippen LogP contribution in [0.1, 0.15) is 36.1 Å². The number of hydrogen-bond acceptors (Lipinski definition) is 2. The summed E-state index contributed by atoms with van der Waals surface area (Å²) in [6.07, 6.45) is 5.42. The molecule has 1 aliphatic carbocycles. The Morgan fingerprint density at radius 1 is 1.06 bits per heavy atom. The number of hydrogen-bond donors (Lipinski definition) is 0. The van der Waals surface area contributed by atoms with Crippen LogP contribution in [0.4, 0.5) is 0 Å². The van der Waals surface area contributed by atoms with E-state index in [4.69, 9.17) is 9.47 Å². The number of halogens is 1. The van der Waals surface area contributed by atoms with E-state index in [-0.39, 0.29) is 0 Å². The van der Waals surface area contributed by atoms with Gasteiger partial charge in [-0.2, -0.15) is 0 Å². The summed E-state index contributed by atoms with van der Waals surface area (Å²) in [4.78, 5) is 0.459. The van der Waals surface area contributed by atoms with Gasteiger partial charge in [0.05, 0.1) is 0 Å². The average Bonchev–Trinajstić information content (AvgIpc) is 2.91. The van der Waals surface area contributed by atoms with Gasteiger partial charge in [-0.3, -0.25) is 0 Å². The quantitative estimate of drug-likeness (QED) is 0.766. The Kier molecular flexibility index (Phi) is 3.28. The molecule has 17 heavy (non-hydrogen) atoms. The molecular weight excluding hydrogens is 280 g/mol. The van der Waals surface area contributed by atoms with Crippen molar-refractivity contribution in [3.63, 3.8) is 0 Å². The number of fused-ring (bicyclic) bond motifs is 1. The lowest BCUT2D eigenvalue weighted by atomic mass is 9.97. The molecule has 1 aromatic rings. The maximum Gasteiger partial charge on any atom is 0.161 e. The molecule has 0 saturated heterocycles. The topological polar surface area (TPSA) is 18.5 Å². The van der Waals surface area contributed by atoms with Crippen molar-refractivity contribution in [2.45, 2.75) is 30.5 Å². The van der Waals surface area contributed by atoms with Gasteiger partial charge in [0.25, 0.3) is 0 Å². The maximum atomic E-state index is 5.63. The third kappa shape index (κ3) is 2.30. The van der Waals surface area contributed by atoms with Crippen LogP contribution in [0.5, 0.6) is 11.5 Å². The van der Waals surface area contributed by atoms with E-state index in [1.54, 1.807) is 0 Å². The standard InChI is InChI=1S/C14H17BrO2/c15-14(10-3-1-2-4-10)11-5-6-12-13(9-11)17-8-7-16-12/h5-6,9-10,14H,1-4,7-8H2. The summed E-state index contributed by atoms with van der Waals surface area (Å²) in [5, 5.41) is 0. The highest BCUT2D eigenvalue weighted by Gasteiger charge is 2.25. The number of rotatable bonds is 2. The lowest BCUT2D eigenvalue weighted by molar-refractivity contribution is 0.171. The second-order valence-electron chi connectivity index (χ2n) is 4.85. The first-order valence-electron chi connectivity index (χ1n) is 6.38. The van der Waals surface area contributed by atoms with Gasteiger partial charge in [0, 0.05) is 4.83 Å². The van der Waals surface area contributed by atoms with Crippen LogP contribution in [-0.4, -0.2) is 13.2 Å². The molecule has 0 aromatic heterocycles. The predicted octanol–water partition coefficient (Wildman–Crippen LogP) is 4.08. The zero-order chi connectivity index (χ0) is 11.7. The van der Waals surface area contributed by atoms with E-state index in [1.807, 2.05) is 6.07 Å². The van der Waals surface area contributed by atoms with Crippen LogP contribution in [0.2, 0.25) is 0 Å². The van der Waals surface area contributed by atoms with Crippen molar-refractivity contribution >= 4 is 15.9 Å². The highest BCUT2D eigenvalue weighted by Crippen LogP contribution is 2.43. The van der Waals surface area contributed by atoms with Crippen molar-refractivity contribution in [3.8, 4) is 11.5 Å². The lowest BCUT2D eigenvalue weighted by Gasteiger charge is -2.22. The summed E-state index contributed by atoms with van der Waals surface area (Å²) in [6, 6.07) is 6.32. The van der Waals surface area contributed by atoms with E-state index in [9.17, 15) is 0 Å². The van der Waals surface area contributed by atoms with E-state index < -0.39 is 0 Å². The highest BCUT2D eigenvalue weighted by atomic mass is 79.9. The largest absolute Gasteiger partial charge is 0.486 e. The van der Waals surface area contributed by atoms with Crippen LogP contribution in [0.15, 0.2) is 18.2 Å². The molecule has 1 saturated carbocycles. The van der Waals surface area contributed by atoms with Crippen molar-refractivity contribution in [1.82, 2.24) is 0 Å². The number of alkyl halides is 1. The molecule has 0 spiro atoms. The summed E-state index contributed by atoms with van der Waals surface area (Å²) in [6.45, 7) is 1.32. The normalized spacial score (nSPS) is 21.5. The summed E-state index contributed by atoms with van der Waals surface area (Å²) in [5.41, 5.74) is 1.32. The molecule has 92 valence electrons. The van der Waals surface area contributed by atoms with Gasteiger partial charge in [0.2, 0.25) is 0 Å². The SMILES string of the molecule is BrC(c1ccc2c(c1)OCCO2)C1CCCC1. The fourth-order valence-corrected chi connectivity index (χ4v) is 3.57. The minimum atomic E-state index is 0.459. The van der Waals surface area contributed by atoms with E-state index in [0.717, 1.165) is 17.4 Å². The average molecular weight is 297 g/mol. The monoisotopic (exact) mass is 296 g/mol. The van der Waals surface area contributed by atoms with Crippen LogP contribution >= 0.6 is 15.9 Å². The Morgan fingerprint density at radius 2 is 1.76 bits per heavy atom. The van der Waals surface area contributed by atoms with Gasteiger partial charge in [0.1, 0.15) is 13.2 Å². The third-order valence-electron chi connectivity index (χ3n) is 3.70. The van der Waals surface area contributed by atoms with Crippen LogP contribution in [0.3, 0.4) is 0 Å². The number of ether oxygens (including phenoxy) is 2. The first-order chi connectivity index (χ1) is 8.34. The summed E-state index contributed by atoms with van der Waals surface area (Å²) >= 11 is 3.84. The molecule has 1 atom stereocenters. The minimum absolute atomic E-state index is 0.459. The van der Waals surface area contributed by atoms with Gasteiger partial charge in [-0.15, -0.1) is 0 Å². The summed E-state index contributed by atoms with van der Waals surface area (Å²) < 4.78 is 11.2. The molecule has 0 bridgehead atoms. The molecule has 0 radical (unpaired) electrons. The van der Waals surface area contributed by atoms with E-state index in [0.29, 0.717) is 18.0 Å². The first kappa shape index (κ1) is 11.4. The van der Waals surface area contributed by atoms with E-state index >= 15 is 0 Å². The smallest absolute Gasteiger partial charge is 0.161 e. The second-order valence-corrected chi connectivity index (χ2v) is 5.84. The van der Waals surface area contributed by atoms with Crippen LogP contribution in [-0.2, 0) is 0 Å². The third-order valence-corrected chi connectivity index (χ3v) is 4.97. The van der Waals surface area contributed by atoms with Gasteiger partial charge in [0.15, 0.2) is 11.5 Å².